The van der Waals surface area contributed by atoms with Gasteiger partial charge in [0.2, 0.25) is 0 Å². The van der Waals surface area contributed by atoms with Crippen LogP contribution < -0.4 is 11.1 Å². The van der Waals surface area contributed by atoms with E-state index in [-0.39, 0.29) is 5.78 Å². The number of rotatable bonds is 6. The Hall–Kier alpha value is -1.45. The smallest absolute Gasteiger partial charge is 0.175 e. The number of allylic oxidation sites excluding steroid dienone is 2. The fraction of sp³-hybridized carbons (Fsp3) is 0.583. The topological polar surface area (TPSA) is 58.4 Å². The fourth-order valence-electron chi connectivity index (χ4n) is 1.36. The molecule has 0 aliphatic rings. The van der Waals surface area contributed by atoms with Crippen LogP contribution in [0.1, 0.15) is 34.1 Å². The third kappa shape index (κ3) is 4.87. The molecule has 0 aliphatic heterocycles. The number of nitrogens with zero attached hydrogens (tertiary/aromatic N) is 1. The van der Waals surface area contributed by atoms with E-state index >= 15 is 0 Å². The van der Waals surface area contributed by atoms with Crippen LogP contribution in [0.4, 0.5) is 0 Å². The molecule has 0 spiro atoms. The van der Waals surface area contributed by atoms with E-state index < -0.39 is 0 Å². The molecular weight excluding hydrogens is 202 g/mol. The van der Waals surface area contributed by atoms with Crippen LogP contribution in [-0.2, 0) is 4.79 Å². The van der Waals surface area contributed by atoms with Gasteiger partial charge in [0.25, 0.3) is 0 Å². The maximum atomic E-state index is 11.3. The lowest BCUT2D eigenvalue weighted by Crippen LogP contribution is -2.31. The van der Waals surface area contributed by atoms with Crippen molar-refractivity contribution < 1.29 is 4.79 Å². The van der Waals surface area contributed by atoms with Gasteiger partial charge in [-0.15, -0.1) is 0 Å². The zero-order valence-electron chi connectivity index (χ0n) is 10.9. The zero-order valence-corrected chi connectivity index (χ0v) is 10.9. The molecule has 0 heterocycles. The molecule has 1 atom stereocenters. The Morgan fingerprint density at radius 3 is 2.50 bits per heavy atom. The summed E-state index contributed by atoms with van der Waals surface area (Å²) in [6.07, 6.45) is 4.50. The Labute approximate surface area is 98.2 Å². The summed E-state index contributed by atoms with van der Waals surface area (Å²) in [5.41, 5.74) is 6.45. The van der Waals surface area contributed by atoms with E-state index in [1.807, 2.05) is 14.0 Å². The Morgan fingerprint density at radius 1 is 1.56 bits per heavy atom. The summed E-state index contributed by atoms with van der Waals surface area (Å²) < 4.78 is 0. The molecule has 0 saturated carbocycles. The van der Waals surface area contributed by atoms with Crippen molar-refractivity contribution in [3.63, 3.8) is 0 Å². The van der Waals surface area contributed by atoms with Gasteiger partial charge in [0, 0.05) is 26.2 Å². The molecule has 0 radical (unpaired) electrons. The summed E-state index contributed by atoms with van der Waals surface area (Å²) >= 11 is 0. The first-order chi connectivity index (χ1) is 7.42. The average molecular weight is 225 g/mol. The lowest BCUT2D eigenvalue weighted by atomic mass is 10.2. The maximum absolute atomic E-state index is 11.3. The van der Waals surface area contributed by atoms with Gasteiger partial charge in [-0.25, -0.2) is 0 Å². The number of ketones is 1. The van der Waals surface area contributed by atoms with Gasteiger partial charge in [-0.1, -0.05) is 13.0 Å². The summed E-state index contributed by atoms with van der Waals surface area (Å²) in [5, 5.41) is 3.14. The van der Waals surface area contributed by atoms with Crippen LogP contribution in [0.25, 0.3) is 0 Å². The Bertz CT molecular complexity index is 295. The average Bonchev–Trinajstić information content (AvgIpc) is 2.17. The van der Waals surface area contributed by atoms with Crippen LogP contribution >= 0.6 is 0 Å². The third-order valence-corrected chi connectivity index (χ3v) is 2.37. The molecule has 3 N–H and O–H groups in total. The zero-order chi connectivity index (χ0) is 12.7. The number of likely N-dealkylation sites (N-methyl/N-ethyl adjacent to an activating group) is 1. The van der Waals surface area contributed by atoms with Crippen LogP contribution in [0.2, 0.25) is 0 Å². The number of carbonyl (C=O) groups is 1. The number of Topliss-reactive ketones (excluding diaryl/α,β-unsaturated/α-hetero) is 1. The summed E-state index contributed by atoms with van der Waals surface area (Å²) in [6.45, 7) is 7.52. The third-order valence-electron chi connectivity index (χ3n) is 2.37. The predicted octanol–water partition coefficient (Wildman–Crippen LogP) is 1.56. The normalized spacial score (nSPS) is 14.6. The molecule has 1 unspecified atom stereocenters. The molecule has 16 heavy (non-hydrogen) atoms. The first-order valence-corrected chi connectivity index (χ1v) is 5.56. The van der Waals surface area contributed by atoms with E-state index in [9.17, 15) is 4.79 Å². The molecule has 4 nitrogen and oxygen atoms in total. The van der Waals surface area contributed by atoms with Crippen molar-refractivity contribution in [2.45, 2.75) is 40.2 Å². The molecule has 0 aromatic heterocycles. The molecule has 0 rings (SSSR count). The SMILES string of the molecule is C/C=C(/C(C)=O)N(C)/C=C(\N)NC(C)CC. The Kier molecular flexibility index (Phi) is 6.30. The second kappa shape index (κ2) is 6.93. The molecule has 0 amide bonds. The van der Waals surface area contributed by atoms with Crippen molar-refractivity contribution >= 4 is 5.78 Å². The van der Waals surface area contributed by atoms with Crippen molar-refractivity contribution in [3.05, 3.63) is 23.8 Å². The van der Waals surface area contributed by atoms with Gasteiger partial charge in [-0.2, -0.15) is 0 Å². The van der Waals surface area contributed by atoms with E-state index in [0.717, 1.165) is 6.42 Å². The van der Waals surface area contributed by atoms with Gasteiger partial charge in [0.1, 0.15) is 5.82 Å². The molecule has 0 bridgehead atoms. The molecule has 92 valence electrons. The van der Waals surface area contributed by atoms with Crippen LogP contribution in [0.15, 0.2) is 23.8 Å². The van der Waals surface area contributed by atoms with E-state index in [0.29, 0.717) is 17.6 Å². The summed E-state index contributed by atoms with van der Waals surface area (Å²) in [7, 11) is 1.81. The number of carbonyl (C=O) groups excluding carboxylic acids is 1. The molecule has 0 saturated heterocycles. The van der Waals surface area contributed by atoms with Crippen molar-refractivity contribution in [2.24, 2.45) is 5.73 Å². The van der Waals surface area contributed by atoms with Crippen LogP contribution in [-0.4, -0.2) is 23.8 Å². The van der Waals surface area contributed by atoms with E-state index in [1.54, 1.807) is 17.2 Å². The van der Waals surface area contributed by atoms with Crippen molar-refractivity contribution in [3.8, 4) is 0 Å². The van der Waals surface area contributed by atoms with Gasteiger partial charge in [-0.05, 0) is 20.3 Å². The standard InChI is InChI=1S/C12H23N3O/c1-6-9(3)14-12(13)8-15(5)11(7-2)10(4)16/h7-9,14H,6,13H2,1-5H3/b11-7-,12-8+. The molecule has 0 fully saturated rings. The Balaban J connectivity index is 4.57. The van der Waals surface area contributed by atoms with Crippen molar-refractivity contribution in [1.82, 2.24) is 10.2 Å². The van der Waals surface area contributed by atoms with E-state index in [4.69, 9.17) is 5.73 Å². The minimum atomic E-state index is 0.0255. The second-order valence-corrected chi connectivity index (χ2v) is 3.88. The summed E-state index contributed by atoms with van der Waals surface area (Å²) in [5.74, 6) is 0.593. The molecule has 4 heteroatoms. The number of hydrogen-bond donors (Lipinski definition) is 2. The minimum Gasteiger partial charge on any atom is -0.384 e. The van der Waals surface area contributed by atoms with E-state index in [2.05, 4.69) is 19.2 Å². The molecule has 0 aliphatic carbocycles. The van der Waals surface area contributed by atoms with Gasteiger partial charge in [0.15, 0.2) is 5.78 Å². The lowest BCUT2D eigenvalue weighted by molar-refractivity contribution is -0.114. The van der Waals surface area contributed by atoms with Gasteiger partial charge in [-0.3, -0.25) is 4.79 Å². The van der Waals surface area contributed by atoms with Gasteiger partial charge >= 0.3 is 0 Å². The molecule has 0 aromatic rings. The predicted molar refractivity (Wildman–Crippen MR) is 67.4 cm³/mol. The number of hydrogen-bond acceptors (Lipinski definition) is 4. The lowest BCUT2D eigenvalue weighted by Gasteiger charge is -2.19. The quantitative estimate of drug-likeness (QED) is 0.673. The highest BCUT2D eigenvalue weighted by Gasteiger charge is 2.07. The highest BCUT2D eigenvalue weighted by Crippen LogP contribution is 2.04. The molecular formula is C12H23N3O. The van der Waals surface area contributed by atoms with Crippen molar-refractivity contribution in [2.75, 3.05) is 7.05 Å². The first kappa shape index (κ1) is 14.6. The minimum absolute atomic E-state index is 0.0255. The maximum Gasteiger partial charge on any atom is 0.175 e. The fourth-order valence-corrected chi connectivity index (χ4v) is 1.36. The van der Waals surface area contributed by atoms with Crippen LogP contribution in [0.3, 0.4) is 0 Å². The van der Waals surface area contributed by atoms with Crippen LogP contribution in [0.5, 0.6) is 0 Å². The number of nitrogens with two attached hydrogens (primary N) is 1. The number of nitrogens with one attached hydrogen (secondary N) is 1. The first-order valence-electron chi connectivity index (χ1n) is 5.56. The largest absolute Gasteiger partial charge is 0.384 e. The van der Waals surface area contributed by atoms with Gasteiger partial charge < -0.3 is 16.0 Å². The molecule has 0 aromatic carbocycles. The van der Waals surface area contributed by atoms with Gasteiger partial charge in [0.05, 0.1) is 5.70 Å². The Morgan fingerprint density at radius 2 is 2.12 bits per heavy atom. The highest BCUT2D eigenvalue weighted by atomic mass is 16.1. The second-order valence-electron chi connectivity index (χ2n) is 3.88. The van der Waals surface area contributed by atoms with Crippen molar-refractivity contribution in [1.29, 1.82) is 0 Å². The van der Waals surface area contributed by atoms with E-state index in [1.165, 1.54) is 6.92 Å². The summed E-state index contributed by atoms with van der Waals surface area (Å²) in [6, 6.07) is 0.330. The monoisotopic (exact) mass is 225 g/mol. The summed E-state index contributed by atoms with van der Waals surface area (Å²) in [4.78, 5) is 13.0. The van der Waals surface area contributed by atoms with Crippen LogP contribution in [0, 0.1) is 0 Å². The highest BCUT2D eigenvalue weighted by molar-refractivity contribution is 5.92.